The van der Waals surface area contributed by atoms with Gasteiger partial charge in [0.15, 0.2) is 6.35 Å². The quantitative estimate of drug-likeness (QED) is 0.218. The van der Waals surface area contributed by atoms with E-state index in [1.54, 1.807) is 12.1 Å². The largest absolute Gasteiger partial charge is 0.508 e. The maximum Gasteiger partial charge on any atom is 0.236 e. The highest BCUT2D eigenvalue weighted by atomic mass is 31.2. The molecule has 0 aliphatic rings. The fourth-order valence-electron chi connectivity index (χ4n) is 3.07. The zero-order valence-corrected chi connectivity index (χ0v) is 19.7. The Balaban J connectivity index is 1.60. The lowest BCUT2D eigenvalue weighted by molar-refractivity contribution is 0.106. The number of aromatic hydroxyl groups is 1. The molecule has 1 unspecified atom stereocenters. The van der Waals surface area contributed by atoms with E-state index in [9.17, 15) is 19.7 Å². The fourth-order valence-corrected chi connectivity index (χ4v) is 4.27. The van der Waals surface area contributed by atoms with Crippen molar-refractivity contribution in [2.45, 2.75) is 45.1 Å². The molecule has 0 saturated carbocycles. The van der Waals surface area contributed by atoms with Crippen molar-refractivity contribution in [3.63, 3.8) is 0 Å². The number of nitrogens with one attached hydrogen (secondary N) is 1. The Hall–Kier alpha value is -2.05. The molecule has 7 nitrogen and oxygen atoms in total. The zero-order valence-electron chi connectivity index (χ0n) is 18.8. The van der Waals surface area contributed by atoms with Crippen LogP contribution >= 0.6 is 7.37 Å². The monoisotopic (exact) mass is 465 g/mol. The number of aliphatic hydroxyl groups excluding tert-OH is 1. The first kappa shape index (κ1) is 26.2. The number of unbranched alkanes of at least 4 members (excludes halogenated alkanes) is 3. The number of hydrogen-bond acceptors (Lipinski definition) is 6. The second-order valence-corrected chi connectivity index (χ2v) is 10.4. The number of rotatable bonds is 16. The van der Waals surface area contributed by atoms with Gasteiger partial charge in [-0.1, -0.05) is 38.3 Å². The van der Waals surface area contributed by atoms with Crippen LogP contribution in [-0.2, 0) is 11.0 Å². The minimum atomic E-state index is -3.25. The molecule has 2 rings (SSSR count). The number of benzene rings is 2. The van der Waals surface area contributed by atoms with Gasteiger partial charge >= 0.3 is 0 Å². The number of aliphatic hydroxyl groups is 1. The average Bonchev–Trinajstić information content (AvgIpc) is 2.79. The Morgan fingerprint density at radius 1 is 0.969 bits per heavy atom. The van der Waals surface area contributed by atoms with Crippen molar-refractivity contribution in [2.75, 3.05) is 32.2 Å². The molecule has 0 radical (unpaired) electrons. The van der Waals surface area contributed by atoms with E-state index in [1.165, 1.54) is 12.1 Å². The topological polar surface area (TPSA) is 108 Å². The summed E-state index contributed by atoms with van der Waals surface area (Å²) in [5.74, 6) is 1.36. The number of hydrogen-bond donors (Lipinski definition) is 4. The predicted molar refractivity (Wildman–Crippen MR) is 127 cm³/mol. The van der Waals surface area contributed by atoms with E-state index < -0.39 is 13.5 Å². The van der Waals surface area contributed by atoms with Crippen molar-refractivity contribution in [1.82, 2.24) is 5.32 Å². The summed E-state index contributed by atoms with van der Waals surface area (Å²) >= 11 is 0. The van der Waals surface area contributed by atoms with Crippen LogP contribution in [0.25, 0.3) is 0 Å². The minimum Gasteiger partial charge on any atom is -0.508 e. The molecule has 0 aliphatic heterocycles. The normalized spacial score (nSPS) is 14.0. The van der Waals surface area contributed by atoms with Crippen molar-refractivity contribution in [3.8, 4) is 17.2 Å². The lowest BCUT2D eigenvalue weighted by Gasteiger charge is -2.14. The molecule has 0 heterocycles. The van der Waals surface area contributed by atoms with Gasteiger partial charge in [-0.05, 0) is 61.3 Å². The van der Waals surface area contributed by atoms with Gasteiger partial charge in [0.1, 0.15) is 30.0 Å². The van der Waals surface area contributed by atoms with E-state index in [4.69, 9.17) is 9.47 Å². The third-order valence-corrected chi connectivity index (χ3v) is 6.51. The third kappa shape index (κ3) is 11.0. The van der Waals surface area contributed by atoms with Crippen LogP contribution in [0.5, 0.6) is 17.2 Å². The van der Waals surface area contributed by atoms with Gasteiger partial charge in [-0.15, -0.1) is 0 Å². The van der Waals surface area contributed by atoms with Gasteiger partial charge in [0.25, 0.3) is 0 Å². The van der Waals surface area contributed by atoms with Crippen LogP contribution in [0.2, 0.25) is 0 Å². The second-order valence-electron chi connectivity index (χ2n) is 7.96. The Kier molecular flexibility index (Phi) is 11.6. The summed E-state index contributed by atoms with van der Waals surface area (Å²) < 4.78 is 23.2. The van der Waals surface area contributed by atoms with Crippen molar-refractivity contribution >= 4 is 7.37 Å². The van der Waals surface area contributed by atoms with Crippen molar-refractivity contribution < 1.29 is 29.1 Å². The van der Waals surface area contributed by atoms with E-state index in [0.717, 1.165) is 37.7 Å². The van der Waals surface area contributed by atoms with Gasteiger partial charge in [0.05, 0.1) is 0 Å². The van der Waals surface area contributed by atoms with Crippen molar-refractivity contribution in [1.29, 1.82) is 0 Å². The maximum atomic E-state index is 12.2. The highest BCUT2D eigenvalue weighted by molar-refractivity contribution is 7.57. The second kappa shape index (κ2) is 14.2. The first-order chi connectivity index (χ1) is 15.4. The Labute approximate surface area is 190 Å². The molecule has 0 amide bonds. The van der Waals surface area contributed by atoms with E-state index in [2.05, 4.69) is 12.2 Å². The van der Waals surface area contributed by atoms with Gasteiger partial charge in [-0.3, -0.25) is 4.57 Å². The van der Waals surface area contributed by atoms with Crippen LogP contribution < -0.4 is 14.8 Å². The summed E-state index contributed by atoms with van der Waals surface area (Å²) in [4.78, 5) is 10.0. The highest BCUT2D eigenvalue weighted by Crippen LogP contribution is 2.41. The summed E-state index contributed by atoms with van der Waals surface area (Å²) in [6.45, 7) is 3.38. The summed E-state index contributed by atoms with van der Waals surface area (Å²) in [6.07, 6.45) is 4.22. The van der Waals surface area contributed by atoms with Gasteiger partial charge in [0.2, 0.25) is 7.37 Å². The Bertz CT molecular complexity index is 812. The molecule has 0 bridgehead atoms. The Morgan fingerprint density at radius 3 is 2.31 bits per heavy atom. The lowest BCUT2D eigenvalue weighted by atomic mass is 10.1. The molecule has 2 aromatic rings. The molecule has 0 fully saturated rings. The van der Waals surface area contributed by atoms with E-state index >= 15 is 0 Å². The SMILES string of the molecule is CCCCCCP(=O)(O)COc1ccc(CCNC[C@H](O)COc2ccc(O)cc2)cc1. The molecule has 0 spiro atoms. The molecular formula is C24H36NO6P. The van der Waals surface area contributed by atoms with Crippen molar-refractivity contribution in [2.24, 2.45) is 0 Å². The first-order valence-corrected chi connectivity index (χ1v) is 13.2. The molecule has 8 heteroatoms. The highest BCUT2D eigenvalue weighted by Gasteiger charge is 2.18. The summed E-state index contributed by atoms with van der Waals surface area (Å²) in [5.41, 5.74) is 1.10. The molecular weight excluding hydrogens is 429 g/mol. The maximum absolute atomic E-state index is 12.2. The van der Waals surface area contributed by atoms with Crippen LogP contribution in [0.15, 0.2) is 48.5 Å². The zero-order chi connectivity index (χ0) is 23.2. The fraction of sp³-hybridized carbons (Fsp3) is 0.500. The van der Waals surface area contributed by atoms with Crippen LogP contribution in [0.1, 0.15) is 38.2 Å². The summed E-state index contributed by atoms with van der Waals surface area (Å²) in [7, 11) is -3.25. The lowest BCUT2D eigenvalue weighted by Crippen LogP contribution is -2.32. The van der Waals surface area contributed by atoms with Crippen LogP contribution in [0, 0.1) is 0 Å². The average molecular weight is 466 g/mol. The van der Waals surface area contributed by atoms with Gasteiger partial charge < -0.3 is 29.9 Å². The van der Waals surface area contributed by atoms with Gasteiger partial charge in [0, 0.05) is 12.7 Å². The van der Waals surface area contributed by atoms with Crippen molar-refractivity contribution in [3.05, 3.63) is 54.1 Å². The standard InChI is InChI=1S/C24H36NO6P/c1-2-3-4-5-16-32(28,29)19-31-24-10-6-20(7-11-24)14-15-25-17-22(27)18-30-23-12-8-21(26)9-13-23/h6-13,22,25-27H,2-5,14-19H2,1H3,(H,28,29)/t22-/m0/s1. The van der Waals surface area contributed by atoms with E-state index in [0.29, 0.717) is 30.8 Å². The molecule has 0 aliphatic carbocycles. The third-order valence-electron chi connectivity index (χ3n) is 4.97. The summed E-state index contributed by atoms with van der Waals surface area (Å²) in [6, 6.07) is 13.9. The van der Waals surface area contributed by atoms with Gasteiger partial charge in [-0.25, -0.2) is 0 Å². The molecule has 0 aromatic heterocycles. The van der Waals surface area contributed by atoms with Crippen LogP contribution in [0.3, 0.4) is 0 Å². The molecule has 0 saturated heterocycles. The smallest absolute Gasteiger partial charge is 0.236 e. The number of phenolic OH excluding ortho intramolecular Hbond substituents is 1. The van der Waals surface area contributed by atoms with E-state index in [1.807, 2.05) is 24.3 Å². The Morgan fingerprint density at radius 2 is 1.62 bits per heavy atom. The van der Waals surface area contributed by atoms with Gasteiger partial charge in [-0.2, -0.15) is 0 Å². The van der Waals surface area contributed by atoms with Crippen LogP contribution in [0.4, 0.5) is 0 Å². The number of ether oxygens (including phenoxy) is 2. The first-order valence-electron chi connectivity index (χ1n) is 11.2. The predicted octanol–water partition coefficient (Wildman–Crippen LogP) is 4.15. The number of phenols is 1. The van der Waals surface area contributed by atoms with E-state index in [-0.39, 0.29) is 18.7 Å². The minimum absolute atomic E-state index is 0.149. The molecule has 4 N–H and O–H groups in total. The van der Waals surface area contributed by atoms with Crippen LogP contribution in [-0.4, -0.2) is 53.4 Å². The molecule has 2 atom stereocenters. The molecule has 2 aromatic carbocycles. The summed E-state index contributed by atoms with van der Waals surface area (Å²) in [5, 5.41) is 22.4. The molecule has 32 heavy (non-hydrogen) atoms. The molecule has 178 valence electrons.